The lowest BCUT2D eigenvalue weighted by atomic mass is 10.1. The van der Waals surface area contributed by atoms with Gasteiger partial charge in [0.15, 0.2) is 0 Å². The average Bonchev–Trinajstić information content (AvgIpc) is 2.88. The smallest absolute Gasteiger partial charge is 0.0695 e. The molecule has 4 heteroatoms. The molecule has 1 aromatic heterocycles. The minimum Gasteiger partial charge on any atom is -0.380 e. The van der Waals surface area contributed by atoms with Crippen LogP contribution >= 0.6 is 0 Å². The molecule has 1 heterocycles. The number of nitrogens with zero attached hydrogens (tertiary/aromatic N) is 1. The van der Waals surface area contributed by atoms with Gasteiger partial charge in [-0.25, -0.2) is 0 Å². The molecule has 96 valence electrons. The summed E-state index contributed by atoms with van der Waals surface area (Å²) in [6, 6.07) is 10.2. The Balaban J connectivity index is 2.00. The zero-order valence-corrected chi connectivity index (χ0v) is 10.8. The van der Waals surface area contributed by atoms with Gasteiger partial charge in [-0.05, 0) is 12.5 Å². The number of rotatable bonds is 6. The van der Waals surface area contributed by atoms with E-state index >= 15 is 0 Å². The fraction of sp³-hybridized carbons (Fsp3) is 0.357. The van der Waals surface area contributed by atoms with Gasteiger partial charge in [0.1, 0.15) is 0 Å². The van der Waals surface area contributed by atoms with Crippen molar-refractivity contribution in [3.63, 3.8) is 0 Å². The molecule has 0 amide bonds. The lowest BCUT2D eigenvalue weighted by Crippen LogP contribution is -2.25. The maximum atomic E-state index is 5.20. The van der Waals surface area contributed by atoms with Crippen LogP contribution in [0.4, 0.5) is 0 Å². The fourth-order valence-electron chi connectivity index (χ4n) is 1.79. The number of H-pyrrole nitrogens is 1. The van der Waals surface area contributed by atoms with Crippen molar-refractivity contribution < 1.29 is 4.74 Å². The Kier molecular flexibility index (Phi) is 4.50. The molecule has 1 aromatic carbocycles. The summed E-state index contributed by atoms with van der Waals surface area (Å²) in [6.07, 6.45) is 2.09. The Labute approximate surface area is 107 Å². The van der Waals surface area contributed by atoms with Gasteiger partial charge >= 0.3 is 0 Å². The van der Waals surface area contributed by atoms with Crippen molar-refractivity contribution in [1.29, 1.82) is 0 Å². The number of hydrogen-bond donors (Lipinski definition) is 2. The molecule has 0 aliphatic heterocycles. The molecule has 0 aliphatic rings. The van der Waals surface area contributed by atoms with E-state index in [2.05, 4.69) is 27.6 Å². The Morgan fingerprint density at radius 1 is 1.33 bits per heavy atom. The molecule has 4 nitrogen and oxygen atoms in total. The molecule has 0 fully saturated rings. The number of hydrogen-bond acceptors (Lipinski definition) is 3. The van der Waals surface area contributed by atoms with Crippen LogP contribution < -0.4 is 5.32 Å². The van der Waals surface area contributed by atoms with Crippen LogP contribution in [0.1, 0.15) is 12.5 Å². The normalized spacial score (nSPS) is 12.6. The average molecular weight is 245 g/mol. The summed E-state index contributed by atoms with van der Waals surface area (Å²) in [5.74, 6) is 0. The number of methoxy groups -OCH3 is 1. The highest BCUT2D eigenvalue weighted by molar-refractivity contribution is 5.62. The first-order chi connectivity index (χ1) is 8.81. The quantitative estimate of drug-likeness (QED) is 0.820. The van der Waals surface area contributed by atoms with Gasteiger partial charge in [0.2, 0.25) is 0 Å². The lowest BCUT2D eigenvalue weighted by Gasteiger charge is -2.10. The molecule has 2 rings (SSSR count). The first kappa shape index (κ1) is 12.8. The highest BCUT2D eigenvalue weighted by Gasteiger charge is 2.07. The van der Waals surface area contributed by atoms with E-state index in [0.717, 1.165) is 24.3 Å². The number of aromatic nitrogens is 2. The van der Waals surface area contributed by atoms with Crippen LogP contribution in [-0.4, -0.2) is 30.0 Å². The summed E-state index contributed by atoms with van der Waals surface area (Å²) >= 11 is 0. The summed E-state index contributed by atoms with van der Waals surface area (Å²) in [4.78, 5) is 0. The first-order valence-electron chi connectivity index (χ1n) is 6.12. The summed E-state index contributed by atoms with van der Waals surface area (Å²) in [7, 11) is 1.72. The zero-order valence-electron chi connectivity index (χ0n) is 10.8. The van der Waals surface area contributed by atoms with Crippen LogP contribution in [0.25, 0.3) is 11.3 Å². The molecule has 1 atom stereocenters. The standard InChI is InChI=1S/C14H19N3O/c1-11(18-2)8-15-9-13-10-16-17-14(13)12-6-4-3-5-7-12/h3-7,10-11,15H,8-9H2,1-2H3,(H,16,17). The third-order valence-electron chi connectivity index (χ3n) is 2.93. The van der Waals surface area contributed by atoms with E-state index in [0.29, 0.717) is 0 Å². The SMILES string of the molecule is COC(C)CNCc1cn[nH]c1-c1ccccc1. The molecule has 2 aromatic rings. The first-order valence-corrected chi connectivity index (χ1v) is 6.12. The molecule has 0 spiro atoms. The van der Waals surface area contributed by atoms with Crippen LogP contribution in [0.5, 0.6) is 0 Å². The summed E-state index contributed by atoms with van der Waals surface area (Å²) in [6.45, 7) is 3.66. The van der Waals surface area contributed by atoms with Crippen molar-refractivity contribution >= 4 is 0 Å². The predicted molar refractivity (Wildman–Crippen MR) is 72.2 cm³/mol. The number of ether oxygens (including phenoxy) is 1. The molecule has 1 unspecified atom stereocenters. The van der Waals surface area contributed by atoms with Gasteiger partial charge in [-0.1, -0.05) is 30.3 Å². The zero-order chi connectivity index (χ0) is 12.8. The van der Waals surface area contributed by atoms with Gasteiger partial charge in [-0.15, -0.1) is 0 Å². The van der Waals surface area contributed by atoms with Crippen LogP contribution in [0.15, 0.2) is 36.5 Å². The summed E-state index contributed by atoms with van der Waals surface area (Å²) in [5.41, 5.74) is 3.41. The Morgan fingerprint density at radius 3 is 2.83 bits per heavy atom. The predicted octanol–water partition coefficient (Wildman–Crippen LogP) is 2.20. The maximum Gasteiger partial charge on any atom is 0.0695 e. The third kappa shape index (κ3) is 3.18. The minimum atomic E-state index is 0.220. The molecule has 18 heavy (non-hydrogen) atoms. The van der Waals surface area contributed by atoms with Crippen LogP contribution in [0, 0.1) is 0 Å². The summed E-state index contributed by atoms with van der Waals surface area (Å²) in [5, 5.41) is 10.5. The largest absolute Gasteiger partial charge is 0.380 e. The van der Waals surface area contributed by atoms with Gasteiger partial charge in [0.25, 0.3) is 0 Å². The van der Waals surface area contributed by atoms with Crippen molar-refractivity contribution in [1.82, 2.24) is 15.5 Å². The second-order valence-electron chi connectivity index (χ2n) is 4.31. The molecule has 0 bridgehead atoms. The van der Waals surface area contributed by atoms with E-state index < -0.39 is 0 Å². The van der Waals surface area contributed by atoms with Crippen LogP contribution in [0.2, 0.25) is 0 Å². The molecule has 0 radical (unpaired) electrons. The molecular weight excluding hydrogens is 226 g/mol. The highest BCUT2D eigenvalue weighted by Crippen LogP contribution is 2.20. The molecule has 0 saturated heterocycles. The second-order valence-corrected chi connectivity index (χ2v) is 4.31. The lowest BCUT2D eigenvalue weighted by molar-refractivity contribution is 0.117. The number of benzene rings is 1. The van der Waals surface area contributed by atoms with Crippen molar-refractivity contribution in [2.45, 2.75) is 19.6 Å². The second kappa shape index (κ2) is 6.33. The maximum absolute atomic E-state index is 5.20. The summed E-state index contributed by atoms with van der Waals surface area (Å²) < 4.78 is 5.20. The number of aromatic amines is 1. The van der Waals surface area contributed by atoms with E-state index in [1.54, 1.807) is 7.11 Å². The van der Waals surface area contributed by atoms with Crippen LogP contribution in [-0.2, 0) is 11.3 Å². The Morgan fingerprint density at radius 2 is 2.11 bits per heavy atom. The van der Waals surface area contributed by atoms with Crippen molar-refractivity contribution in [2.75, 3.05) is 13.7 Å². The van der Waals surface area contributed by atoms with Crippen molar-refractivity contribution in [2.24, 2.45) is 0 Å². The van der Waals surface area contributed by atoms with Crippen molar-refractivity contribution in [3.05, 3.63) is 42.1 Å². The topological polar surface area (TPSA) is 49.9 Å². The highest BCUT2D eigenvalue weighted by atomic mass is 16.5. The molecule has 0 aliphatic carbocycles. The van der Waals surface area contributed by atoms with Gasteiger partial charge < -0.3 is 10.1 Å². The number of nitrogens with one attached hydrogen (secondary N) is 2. The van der Waals surface area contributed by atoms with E-state index in [4.69, 9.17) is 4.74 Å². The minimum absolute atomic E-state index is 0.220. The van der Waals surface area contributed by atoms with E-state index in [-0.39, 0.29) is 6.10 Å². The van der Waals surface area contributed by atoms with E-state index in [1.807, 2.05) is 31.3 Å². The van der Waals surface area contributed by atoms with Gasteiger partial charge in [-0.3, -0.25) is 5.10 Å². The molecule has 0 saturated carbocycles. The Hall–Kier alpha value is -1.65. The van der Waals surface area contributed by atoms with Gasteiger partial charge in [0, 0.05) is 25.8 Å². The fourth-order valence-corrected chi connectivity index (χ4v) is 1.79. The van der Waals surface area contributed by atoms with Crippen molar-refractivity contribution in [3.8, 4) is 11.3 Å². The van der Waals surface area contributed by atoms with Gasteiger partial charge in [0.05, 0.1) is 18.0 Å². The molecular formula is C14H19N3O. The van der Waals surface area contributed by atoms with Gasteiger partial charge in [-0.2, -0.15) is 5.10 Å². The van der Waals surface area contributed by atoms with Crippen LogP contribution in [0.3, 0.4) is 0 Å². The Bertz CT molecular complexity index is 467. The monoisotopic (exact) mass is 245 g/mol. The van der Waals surface area contributed by atoms with E-state index in [1.165, 1.54) is 5.56 Å². The third-order valence-corrected chi connectivity index (χ3v) is 2.93. The molecule has 2 N–H and O–H groups in total. The van der Waals surface area contributed by atoms with E-state index in [9.17, 15) is 0 Å².